The highest BCUT2D eigenvalue weighted by Crippen LogP contribution is 2.20. The van der Waals surface area contributed by atoms with E-state index in [1.54, 1.807) is 0 Å². The molecule has 0 fully saturated rings. The van der Waals surface area contributed by atoms with E-state index in [4.69, 9.17) is 11.6 Å². The van der Waals surface area contributed by atoms with Crippen LogP contribution >= 0.6 is 11.6 Å². The van der Waals surface area contributed by atoms with Gasteiger partial charge in [0.05, 0.1) is 0 Å². The molecule has 0 heterocycles. The summed E-state index contributed by atoms with van der Waals surface area (Å²) in [6, 6.07) is 22.6. The second-order valence-corrected chi connectivity index (χ2v) is 10.2. The summed E-state index contributed by atoms with van der Waals surface area (Å²) in [5.74, 6) is 0.473. The van der Waals surface area contributed by atoms with E-state index in [1.165, 1.54) is 10.4 Å². The molecule has 0 aliphatic heterocycles. The van der Waals surface area contributed by atoms with Gasteiger partial charge in [-0.15, -0.1) is 18.2 Å². The predicted octanol–water partition coefficient (Wildman–Crippen LogP) is 3.85. The first-order valence-corrected chi connectivity index (χ1v) is 9.97. The van der Waals surface area contributed by atoms with E-state index in [0.717, 1.165) is 6.04 Å². The van der Waals surface area contributed by atoms with Gasteiger partial charge in [-0.05, 0) is 12.0 Å². The van der Waals surface area contributed by atoms with Gasteiger partial charge >= 0.3 is 0 Å². The van der Waals surface area contributed by atoms with Crippen LogP contribution in [-0.4, -0.2) is 13.6 Å². The smallest absolute Gasteiger partial charge is 0.129 e. The van der Waals surface area contributed by atoms with Crippen molar-refractivity contribution in [2.45, 2.75) is 13.0 Å². The van der Waals surface area contributed by atoms with Crippen molar-refractivity contribution < 1.29 is 0 Å². The van der Waals surface area contributed by atoms with E-state index in [0.29, 0.717) is 11.4 Å². The van der Waals surface area contributed by atoms with Crippen molar-refractivity contribution >= 4 is 30.0 Å². The largest absolute Gasteiger partial charge is 0.133 e. The van der Waals surface area contributed by atoms with Crippen LogP contribution in [-0.2, 0) is 0 Å². The molecule has 0 nitrogen and oxygen atoms in total. The van der Waals surface area contributed by atoms with E-state index < -0.39 is 8.07 Å². The van der Waals surface area contributed by atoms with Gasteiger partial charge in [-0.3, -0.25) is 0 Å². The van der Waals surface area contributed by atoms with Crippen molar-refractivity contribution in [2.75, 3.05) is 5.50 Å². The molecule has 0 aliphatic rings. The number of benzene rings is 2. The molecule has 0 aliphatic carbocycles. The van der Waals surface area contributed by atoms with E-state index in [1.807, 2.05) is 6.08 Å². The molecule has 0 spiro atoms. The van der Waals surface area contributed by atoms with Gasteiger partial charge < -0.3 is 0 Å². The normalized spacial score (nSPS) is 12.9. The van der Waals surface area contributed by atoms with Crippen molar-refractivity contribution in [3.05, 3.63) is 73.3 Å². The number of hydrogen-bond acceptors (Lipinski definition) is 0. The third kappa shape index (κ3) is 3.05. The van der Waals surface area contributed by atoms with Crippen LogP contribution in [0.4, 0.5) is 0 Å². The Morgan fingerprint density at radius 2 is 1.45 bits per heavy atom. The van der Waals surface area contributed by atoms with Gasteiger partial charge in [0.15, 0.2) is 0 Å². The van der Waals surface area contributed by atoms with Crippen LogP contribution in [0.3, 0.4) is 0 Å². The van der Waals surface area contributed by atoms with Crippen LogP contribution in [0.5, 0.6) is 0 Å². The van der Waals surface area contributed by atoms with Crippen molar-refractivity contribution in [3.63, 3.8) is 0 Å². The van der Waals surface area contributed by atoms with Gasteiger partial charge in [-0.25, -0.2) is 0 Å². The molecule has 1 unspecified atom stereocenters. The molecule has 2 rings (SSSR count). The van der Waals surface area contributed by atoms with Crippen LogP contribution in [0.1, 0.15) is 6.92 Å². The third-order valence-corrected chi connectivity index (χ3v) is 10.00. The summed E-state index contributed by atoms with van der Waals surface area (Å²) in [6.07, 6.45) is 2.04. The monoisotopic (exact) mass is 300 g/mol. The van der Waals surface area contributed by atoms with Gasteiger partial charge in [0.25, 0.3) is 0 Å². The van der Waals surface area contributed by atoms with Crippen molar-refractivity contribution in [1.82, 2.24) is 0 Å². The van der Waals surface area contributed by atoms with Gasteiger partial charge in [0.1, 0.15) is 8.07 Å². The average molecular weight is 301 g/mol. The van der Waals surface area contributed by atoms with Crippen molar-refractivity contribution in [1.29, 1.82) is 0 Å². The quantitative estimate of drug-likeness (QED) is 0.432. The first kappa shape index (κ1) is 15.1. The Labute approximate surface area is 128 Å². The molecule has 2 aromatic rings. The Morgan fingerprint density at radius 1 is 1.00 bits per heavy atom. The predicted molar refractivity (Wildman–Crippen MR) is 92.8 cm³/mol. The first-order valence-electron chi connectivity index (χ1n) is 7.02. The lowest BCUT2D eigenvalue weighted by atomic mass is 10.2. The molecule has 0 radical (unpaired) electrons. The number of halogens is 1. The lowest BCUT2D eigenvalue weighted by Gasteiger charge is -2.32. The molecular weight excluding hydrogens is 280 g/mol. The molecule has 1 atom stereocenters. The highest BCUT2D eigenvalue weighted by molar-refractivity contribution is 7.05. The topological polar surface area (TPSA) is 0 Å². The molecule has 20 heavy (non-hydrogen) atoms. The standard InChI is InChI=1S/C18H21ClSi/c1-3-16(2)14-20(15-19,17-10-6-4-7-11-17)18-12-8-5-9-13-18/h3-13,16H,1,14-15H2,2H3. The van der Waals surface area contributed by atoms with Crippen LogP contribution in [0.15, 0.2) is 73.3 Å². The molecule has 0 bridgehead atoms. The summed E-state index contributed by atoms with van der Waals surface area (Å²) < 4.78 is 0. The molecule has 0 amide bonds. The SMILES string of the molecule is C=CC(C)C[Si](CCl)(c1ccccc1)c1ccccc1. The maximum Gasteiger partial charge on any atom is 0.133 e. The summed E-state index contributed by atoms with van der Waals surface area (Å²) in [6.45, 7) is 6.17. The zero-order valence-electron chi connectivity index (χ0n) is 11.9. The number of hydrogen-bond donors (Lipinski definition) is 0. The van der Waals surface area contributed by atoms with Crippen LogP contribution in [0, 0.1) is 5.92 Å². The maximum atomic E-state index is 6.52. The molecule has 2 heteroatoms. The fourth-order valence-electron chi connectivity index (χ4n) is 2.76. The van der Waals surface area contributed by atoms with E-state index in [-0.39, 0.29) is 0 Å². The molecule has 0 aromatic heterocycles. The lowest BCUT2D eigenvalue weighted by molar-refractivity contribution is 0.817. The summed E-state index contributed by atoms with van der Waals surface area (Å²) in [4.78, 5) is 0. The lowest BCUT2D eigenvalue weighted by Crippen LogP contribution is -2.61. The fraction of sp³-hybridized carbons (Fsp3) is 0.222. The summed E-state index contributed by atoms with van der Waals surface area (Å²) in [5.41, 5.74) is 0.708. The Bertz CT molecular complexity index is 496. The minimum Gasteiger partial charge on any atom is -0.129 e. The van der Waals surface area contributed by atoms with Gasteiger partial charge in [0, 0.05) is 5.50 Å². The summed E-state index contributed by atoms with van der Waals surface area (Å²) >= 11 is 6.52. The van der Waals surface area contributed by atoms with Crippen molar-refractivity contribution in [3.8, 4) is 0 Å². The Kier molecular flexibility index (Phi) is 5.22. The zero-order chi connectivity index (χ0) is 14.4. The Balaban J connectivity index is 2.55. The van der Waals surface area contributed by atoms with E-state index >= 15 is 0 Å². The molecular formula is C18H21ClSi. The van der Waals surface area contributed by atoms with Crippen LogP contribution in [0.2, 0.25) is 6.04 Å². The Hall–Kier alpha value is -1.31. The van der Waals surface area contributed by atoms with Crippen LogP contribution in [0.25, 0.3) is 0 Å². The van der Waals surface area contributed by atoms with Gasteiger partial charge in [0.2, 0.25) is 0 Å². The fourth-order valence-corrected chi connectivity index (χ4v) is 8.16. The van der Waals surface area contributed by atoms with Crippen LogP contribution < -0.4 is 10.4 Å². The second kappa shape index (κ2) is 6.92. The minimum atomic E-state index is -1.91. The molecule has 2 aromatic carbocycles. The Morgan fingerprint density at radius 3 is 1.80 bits per heavy atom. The molecule has 0 saturated carbocycles. The van der Waals surface area contributed by atoms with Gasteiger partial charge in [-0.1, -0.05) is 84.0 Å². The minimum absolute atomic E-state index is 0.473. The molecule has 0 N–H and O–H groups in total. The summed E-state index contributed by atoms with van der Waals surface area (Å²) in [7, 11) is -1.91. The number of allylic oxidation sites excluding steroid dienone is 1. The third-order valence-electron chi connectivity index (χ3n) is 3.95. The summed E-state index contributed by atoms with van der Waals surface area (Å²) in [5, 5.41) is 2.82. The van der Waals surface area contributed by atoms with E-state index in [9.17, 15) is 0 Å². The zero-order valence-corrected chi connectivity index (χ0v) is 13.7. The number of alkyl halides is 1. The first-order chi connectivity index (χ1) is 9.73. The number of rotatable bonds is 6. The van der Waals surface area contributed by atoms with Gasteiger partial charge in [-0.2, -0.15) is 0 Å². The average Bonchev–Trinajstić information content (AvgIpc) is 2.54. The molecule has 0 saturated heterocycles. The molecule has 104 valence electrons. The van der Waals surface area contributed by atoms with E-state index in [2.05, 4.69) is 74.2 Å². The highest BCUT2D eigenvalue weighted by Gasteiger charge is 2.37. The van der Waals surface area contributed by atoms with Crippen molar-refractivity contribution in [2.24, 2.45) is 5.92 Å². The highest BCUT2D eigenvalue weighted by atomic mass is 35.5. The second-order valence-electron chi connectivity index (χ2n) is 5.36. The maximum absolute atomic E-state index is 6.52.